The number of allylic oxidation sites excluding steroid dienone is 2. The Kier molecular flexibility index (Phi) is 6.23. The van der Waals surface area contributed by atoms with E-state index in [0.29, 0.717) is 37.3 Å². The summed E-state index contributed by atoms with van der Waals surface area (Å²) in [5.41, 5.74) is 0.993. The van der Waals surface area contributed by atoms with Gasteiger partial charge in [0.05, 0.1) is 14.2 Å². The number of carboxylic acids is 1. The Balaban J connectivity index is 1.90. The van der Waals surface area contributed by atoms with Gasteiger partial charge in [-0.2, -0.15) is 0 Å². The predicted molar refractivity (Wildman–Crippen MR) is 86.6 cm³/mol. The van der Waals surface area contributed by atoms with Crippen molar-refractivity contribution in [2.45, 2.75) is 19.3 Å². The summed E-state index contributed by atoms with van der Waals surface area (Å²) in [6, 6.07) is 5.58. The summed E-state index contributed by atoms with van der Waals surface area (Å²) >= 11 is 0. The highest BCUT2D eigenvalue weighted by Crippen LogP contribution is 2.28. The van der Waals surface area contributed by atoms with Gasteiger partial charge in [0.15, 0.2) is 11.5 Å². The highest BCUT2D eigenvalue weighted by molar-refractivity contribution is 5.84. The van der Waals surface area contributed by atoms with Crippen LogP contribution >= 0.6 is 0 Å². The van der Waals surface area contributed by atoms with Crippen molar-refractivity contribution in [1.29, 1.82) is 0 Å². The van der Waals surface area contributed by atoms with Crippen molar-refractivity contribution in [2.75, 3.05) is 20.8 Å². The van der Waals surface area contributed by atoms with E-state index < -0.39 is 17.8 Å². The predicted octanol–water partition coefficient (Wildman–Crippen LogP) is 0.695. The third-order valence-corrected chi connectivity index (χ3v) is 4.23. The van der Waals surface area contributed by atoms with Crippen molar-refractivity contribution in [3.05, 3.63) is 35.9 Å². The van der Waals surface area contributed by atoms with Gasteiger partial charge in [0, 0.05) is 24.3 Å². The van der Waals surface area contributed by atoms with Crippen LogP contribution in [0.15, 0.2) is 30.4 Å². The molecular weight excluding hydrogens is 310 g/mol. The molecule has 1 N–H and O–H groups in total. The summed E-state index contributed by atoms with van der Waals surface area (Å²) in [4.78, 5) is 23.4. The van der Waals surface area contributed by atoms with E-state index in [4.69, 9.17) is 9.47 Å². The van der Waals surface area contributed by atoms with Crippen LogP contribution in [0.1, 0.15) is 18.4 Å². The lowest BCUT2D eigenvalue weighted by molar-refractivity contribution is -0.313. The minimum atomic E-state index is -1.17. The van der Waals surface area contributed by atoms with Gasteiger partial charge in [-0.25, -0.2) is 0 Å². The minimum absolute atomic E-state index is 0.242. The number of carbonyl (C=O) groups is 2. The number of ether oxygens (including phenoxy) is 2. The third-order valence-electron chi connectivity index (χ3n) is 4.23. The topological polar surface area (TPSA) is 87.7 Å². The fraction of sp³-hybridized carbons (Fsp3) is 0.444. The summed E-state index contributed by atoms with van der Waals surface area (Å²) in [5.74, 6) is -1.44. The van der Waals surface area contributed by atoms with Gasteiger partial charge < -0.3 is 24.7 Å². The maximum absolute atomic E-state index is 12.2. The molecule has 0 saturated carbocycles. The molecular formula is C18H22NO5-. The normalized spacial score (nSPS) is 19.6. The first-order valence-corrected chi connectivity index (χ1v) is 7.91. The van der Waals surface area contributed by atoms with Crippen LogP contribution in [0.5, 0.6) is 11.5 Å². The molecule has 0 bridgehead atoms. The van der Waals surface area contributed by atoms with Crippen LogP contribution < -0.4 is 19.9 Å². The van der Waals surface area contributed by atoms with Crippen LogP contribution in [0, 0.1) is 11.8 Å². The maximum atomic E-state index is 12.2. The molecule has 1 amide bonds. The Hall–Kier alpha value is -2.50. The smallest absolute Gasteiger partial charge is 0.224 e. The lowest BCUT2D eigenvalue weighted by Gasteiger charge is -2.28. The van der Waals surface area contributed by atoms with E-state index >= 15 is 0 Å². The molecule has 1 aromatic rings. The lowest BCUT2D eigenvalue weighted by atomic mass is 9.82. The Morgan fingerprint density at radius 3 is 2.42 bits per heavy atom. The van der Waals surface area contributed by atoms with Crippen LogP contribution in [0.3, 0.4) is 0 Å². The van der Waals surface area contributed by atoms with Crippen LogP contribution in [0.2, 0.25) is 0 Å². The average molecular weight is 332 g/mol. The Morgan fingerprint density at radius 1 is 1.12 bits per heavy atom. The first-order valence-electron chi connectivity index (χ1n) is 7.91. The highest BCUT2D eigenvalue weighted by Gasteiger charge is 2.29. The number of benzene rings is 1. The van der Waals surface area contributed by atoms with E-state index in [9.17, 15) is 14.7 Å². The van der Waals surface area contributed by atoms with Gasteiger partial charge in [0.25, 0.3) is 0 Å². The first-order chi connectivity index (χ1) is 11.6. The molecule has 0 radical (unpaired) electrons. The van der Waals surface area contributed by atoms with Crippen molar-refractivity contribution in [2.24, 2.45) is 11.8 Å². The van der Waals surface area contributed by atoms with E-state index in [1.807, 2.05) is 24.3 Å². The maximum Gasteiger partial charge on any atom is 0.224 e. The van der Waals surface area contributed by atoms with Crippen LogP contribution in [-0.2, 0) is 16.0 Å². The van der Waals surface area contributed by atoms with Gasteiger partial charge in [-0.3, -0.25) is 4.79 Å². The fourth-order valence-electron chi connectivity index (χ4n) is 2.86. The molecule has 130 valence electrons. The number of rotatable bonds is 7. The number of hydrogen-bond acceptors (Lipinski definition) is 5. The van der Waals surface area contributed by atoms with Crippen molar-refractivity contribution in [1.82, 2.24) is 5.32 Å². The second-order valence-electron chi connectivity index (χ2n) is 5.71. The molecule has 1 aliphatic carbocycles. The molecule has 2 rings (SSSR count). The summed E-state index contributed by atoms with van der Waals surface area (Å²) in [6.07, 6.45) is 5.02. The van der Waals surface area contributed by atoms with E-state index in [1.165, 1.54) is 0 Å². The molecule has 2 atom stereocenters. The zero-order chi connectivity index (χ0) is 17.5. The monoisotopic (exact) mass is 332 g/mol. The Morgan fingerprint density at radius 2 is 1.79 bits per heavy atom. The number of carbonyl (C=O) groups excluding carboxylic acids is 2. The van der Waals surface area contributed by atoms with Gasteiger partial charge in [-0.1, -0.05) is 18.2 Å². The molecule has 24 heavy (non-hydrogen) atoms. The zero-order valence-electron chi connectivity index (χ0n) is 13.9. The molecule has 1 aliphatic rings. The van der Waals surface area contributed by atoms with Crippen molar-refractivity contribution >= 4 is 11.9 Å². The Bertz CT molecular complexity index is 626. The number of carboxylic acid groups (broad SMARTS) is 1. The number of hydrogen-bond donors (Lipinski definition) is 1. The third kappa shape index (κ3) is 4.28. The van der Waals surface area contributed by atoms with Crippen LogP contribution in [-0.4, -0.2) is 32.6 Å². The van der Waals surface area contributed by atoms with E-state index in [0.717, 1.165) is 5.56 Å². The second-order valence-corrected chi connectivity index (χ2v) is 5.71. The summed E-state index contributed by atoms with van der Waals surface area (Å²) in [6.45, 7) is 0.425. The number of amides is 1. The van der Waals surface area contributed by atoms with Crippen molar-refractivity contribution < 1.29 is 24.2 Å². The molecule has 0 fully saturated rings. The lowest BCUT2D eigenvalue weighted by Crippen LogP contribution is -2.44. The SMILES string of the molecule is COc1ccc(CCNC(=O)[C@@H]2CC=CC[C@H]2C(=O)[O-])cc1OC. The standard InChI is InChI=1S/C18H23NO5/c1-23-15-8-7-12(11-16(15)24-2)9-10-19-17(20)13-5-3-4-6-14(13)18(21)22/h3-4,7-8,11,13-14H,5-6,9-10H2,1-2H3,(H,19,20)(H,21,22)/p-1/t13-,14-/m1/s1. The second kappa shape index (κ2) is 8.38. The van der Waals surface area contributed by atoms with Gasteiger partial charge in [0.1, 0.15) is 0 Å². The largest absolute Gasteiger partial charge is 0.550 e. The number of nitrogens with one attached hydrogen (secondary N) is 1. The summed E-state index contributed by atoms with van der Waals surface area (Å²) in [7, 11) is 3.14. The number of aliphatic carboxylic acids is 1. The van der Waals surface area contributed by atoms with E-state index in [1.54, 1.807) is 20.3 Å². The van der Waals surface area contributed by atoms with Gasteiger partial charge in [-0.05, 0) is 37.0 Å². The van der Waals surface area contributed by atoms with Gasteiger partial charge >= 0.3 is 0 Å². The fourth-order valence-corrected chi connectivity index (χ4v) is 2.86. The quantitative estimate of drug-likeness (QED) is 0.743. The van der Waals surface area contributed by atoms with Crippen molar-refractivity contribution in [3.8, 4) is 11.5 Å². The molecule has 0 saturated heterocycles. The molecule has 1 aromatic carbocycles. The van der Waals surface area contributed by atoms with Crippen LogP contribution in [0.4, 0.5) is 0 Å². The van der Waals surface area contributed by atoms with Gasteiger partial charge in [-0.15, -0.1) is 0 Å². The highest BCUT2D eigenvalue weighted by atomic mass is 16.5. The summed E-state index contributed by atoms with van der Waals surface area (Å²) < 4.78 is 10.4. The molecule has 0 aliphatic heterocycles. The van der Waals surface area contributed by atoms with E-state index in [2.05, 4.69) is 5.32 Å². The van der Waals surface area contributed by atoms with Crippen LogP contribution in [0.25, 0.3) is 0 Å². The zero-order valence-corrected chi connectivity index (χ0v) is 13.9. The molecule has 0 spiro atoms. The molecule has 6 heteroatoms. The Labute approximate surface area is 141 Å². The van der Waals surface area contributed by atoms with Crippen molar-refractivity contribution in [3.63, 3.8) is 0 Å². The molecule has 6 nitrogen and oxygen atoms in total. The molecule has 0 aromatic heterocycles. The first kappa shape index (κ1) is 17.8. The number of methoxy groups -OCH3 is 2. The average Bonchev–Trinajstić information content (AvgIpc) is 2.61. The molecule has 0 heterocycles. The van der Waals surface area contributed by atoms with Gasteiger partial charge in [0.2, 0.25) is 5.91 Å². The van der Waals surface area contributed by atoms with E-state index in [-0.39, 0.29) is 5.91 Å². The minimum Gasteiger partial charge on any atom is -0.550 e. The molecule has 0 unspecified atom stereocenters. The summed E-state index contributed by atoms with van der Waals surface area (Å²) in [5, 5.41) is 14.0.